The van der Waals surface area contributed by atoms with Gasteiger partial charge in [0, 0.05) is 13.0 Å². The Bertz CT molecular complexity index is 531. The monoisotopic (exact) mass is 291 g/mol. The number of aliphatic hydroxyl groups is 1. The molecule has 5 nitrogen and oxygen atoms in total. The zero-order valence-corrected chi connectivity index (χ0v) is 12.2. The Morgan fingerprint density at radius 2 is 2.19 bits per heavy atom. The normalized spacial score (nSPS) is 21.9. The van der Waals surface area contributed by atoms with Crippen LogP contribution in [0.2, 0.25) is 0 Å². The molecule has 1 amide bonds. The van der Waals surface area contributed by atoms with Crippen LogP contribution in [-0.4, -0.2) is 35.8 Å². The molecule has 2 atom stereocenters. The standard InChI is InChI=1S/C16H21NO4/c1-2-3-11-6-16(19)17(8-11)9-13(18)12-4-5-14-15(7-12)21-10-20-14/h4-5,7,11,13,18H,2-3,6,8-10H2,1H3. The summed E-state index contributed by atoms with van der Waals surface area (Å²) in [5.74, 6) is 1.94. The van der Waals surface area contributed by atoms with Gasteiger partial charge in [0.1, 0.15) is 0 Å². The molecule has 1 aromatic carbocycles. The van der Waals surface area contributed by atoms with E-state index in [0.29, 0.717) is 30.4 Å². The number of carbonyl (C=O) groups is 1. The van der Waals surface area contributed by atoms with Gasteiger partial charge in [-0.25, -0.2) is 0 Å². The van der Waals surface area contributed by atoms with Gasteiger partial charge in [0.15, 0.2) is 11.5 Å². The molecular formula is C16H21NO4. The quantitative estimate of drug-likeness (QED) is 0.902. The van der Waals surface area contributed by atoms with Gasteiger partial charge in [0.2, 0.25) is 12.7 Å². The summed E-state index contributed by atoms with van der Waals surface area (Å²) in [7, 11) is 0. The molecule has 2 heterocycles. The summed E-state index contributed by atoms with van der Waals surface area (Å²) < 4.78 is 10.6. The molecule has 5 heteroatoms. The first-order valence-corrected chi connectivity index (χ1v) is 7.52. The smallest absolute Gasteiger partial charge is 0.231 e. The van der Waals surface area contributed by atoms with Crippen LogP contribution in [0.4, 0.5) is 0 Å². The molecule has 0 bridgehead atoms. The molecule has 2 aliphatic rings. The van der Waals surface area contributed by atoms with Crippen molar-refractivity contribution in [3.8, 4) is 11.5 Å². The van der Waals surface area contributed by atoms with E-state index in [0.717, 1.165) is 24.9 Å². The number of likely N-dealkylation sites (tertiary alicyclic amines) is 1. The first-order valence-electron chi connectivity index (χ1n) is 7.52. The fraction of sp³-hybridized carbons (Fsp3) is 0.562. The lowest BCUT2D eigenvalue weighted by Crippen LogP contribution is -2.30. The van der Waals surface area contributed by atoms with Gasteiger partial charge < -0.3 is 19.5 Å². The van der Waals surface area contributed by atoms with Crippen LogP contribution in [0.15, 0.2) is 18.2 Å². The molecule has 21 heavy (non-hydrogen) atoms. The minimum Gasteiger partial charge on any atom is -0.454 e. The van der Waals surface area contributed by atoms with E-state index in [-0.39, 0.29) is 12.7 Å². The Hall–Kier alpha value is -1.75. The van der Waals surface area contributed by atoms with Gasteiger partial charge in [0.05, 0.1) is 12.6 Å². The molecule has 0 aliphatic carbocycles. The minimum atomic E-state index is -0.691. The minimum absolute atomic E-state index is 0.147. The predicted molar refractivity (Wildman–Crippen MR) is 77.1 cm³/mol. The van der Waals surface area contributed by atoms with Crippen molar-refractivity contribution in [2.75, 3.05) is 19.9 Å². The van der Waals surface area contributed by atoms with Crippen molar-refractivity contribution in [2.45, 2.75) is 32.3 Å². The van der Waals surface area contributed by atoms with Crippen molar-refractivity contribution in [1.29, 1.82) is 0 Å². The lowest BCUT2D eigenvalue weighted by atomic mass is 10.0. The Kier molecular flexibility index (Phi) is 4.01. The summed E-state index contributed by atoms with van der Waals surface area (Å²) in [6, 6.07) is 5.41. The number of benzene rings is 1. The Balaban J connectivity index is 1.63. The second-order valence-corrected chi connectivity index (χ2v) is 5.79. The van der Waals surface area contributed by atoms with E-state index in [9.17, 15) is 9.90 Å². The van der Waals surface area contributed by atoms with E-state index < -0.39 is 6.10 Å². The SMILES string of the molecule is CCCC1CC(=O)N(CC(O)c2ccc3c(c2)OCO3)C1. The lowest BCUT2D eigenvalue weighted by molar-refractivity contribution is -0.129. The Morgan fingerprint density at radius 1 is 1.38 bits per heavy atom. The number of hydrogen-bond acceptors (Lipinski definition) is 4. The fourth-order valence-corrected chi connectivity index (χ4v) is 3.07. The Labute approximate surface area is 124 Å². The molecule has 0 spiro atoms. The van der Waals surface area contributed by atoms with Gasteiger partial charge in [0.25, 0.3) is 0 Å². The molecule has 114 valence electrons. The maximum atomic E-state index is 12.0. The summed E-state index contributed by atoms with van der Waals surface area (Å²) in [5, 5.41) is 10.4. The van der Waals surface area contributed by atoms with E-state index >= 15 is 0 Å². The zero-order valence-electron chi connectivity index (χ0n) is 12.2. The topological polar surface area (TPSA) is 59.0 Å². The fourth-order valence-electron chi connectivity index (χ4n) is 3.07. The first-order chi connectivity index (χ1) is 10.2. The van der Waals surface area contributed by atoms with Crippen LogP contribution < -0.4 is 9.47 Å². The molecule has 1 N–H and O–H groups in total. The van der Waals surface area contributed by atoms with Crippen LogP contribution in [-0.2, 0) is 4.79 Å². The van der Waals surface area contributed by atoms with Crippen molar-refractivity contribution in [2.24, 2.45) is 5.92 Å². The highest BCUT2D eigenvalue weighted by Crippen LogP contribution is 2.34. The summed E-state index contributed by atoms with van der Waals surface area (Å²) in [4.78, 5) is 13.8. The predicted octanol–water partition coefficient (Wildman–Crippen LogP) is 2.10. The number of ether oxygens (including phenoxy) is 2. The number of hydrogen-bond donors (Lipinski definition) is 1. The second kappa shape index (κ2) is 5.93. The molecule has 2 aliphatic heterocycles. The maximum Gasteiger partial charge on any atom is 0.231 e. The van der Waals surface area contributed by atoms with E-state index in [1.54, 1.807) is 17.0 Å². The zero-order chi connectivity index (χ0) is 14.8. The van der Waals surface area contributed by atoms with E-state index in [1.165, 1.54) is 0 Å². The van der Waals surface area contributed by atoms with E-state index in [1.807, 2.05) is 6.07 Å². The number of fused-ring (bicyclic) bond motifs is 1. The van der Waals surface area contributed by atoms with Crippen LogP contribution >= 0.6 is 0 Å². The summed E-state index contributed by atoms with van der Waals surface area (Å²) in [6.45, 7) is 3.46. The number of rotatable bonds is 5. The van der Waals surface area contributed by atoms with Crippen LogP contribution in [0.1, 0.15) is 37.9 Å². The Morgan fingerprint density at radius 3 is 3.00 bits per heavy atom. The molecule has 1 fully saturated rings. The van der Waals surface area contributed by atoms with Crippen molar-refractivity contribution in [3.63, 3.8) is 0 Å². The van der Waals surface area contributed by atoms with Crippen molar-refractivity contribution in [1.82, 2.24) is 4.90 Å². The largest absolute Gasteiger partial charge is 0.454 e. The number of carbonyl (C=O) groups excluding carboxylic acids is 1. The molecule has 0 radical (unpaired) electrons. The summed E-state index contributed by atoms with van der Waals surface area (Å²) in [5.41, 5.74) is 0.756. The number of nitrogens with zero attached hydrogens (tertiary/aromatic N) is 1. The molecule has 1 aromatic rings. The summed E-state index contributed by atoms with van der Waals surface area (Å²) >= 11 is 0. The van der Waals surface area contributed by atoms with Gasteiger partial charge in [-0.1, -0.05) is 19.4 Å². The van der Waals surface area contributed by atoms with Crippen LogP contribution in [0.5, 0.6) is 11.5 Å². The molecule has 2 unspecified atom stereocenters. The number of aliphatic hydroxyl groups excluding tert-OH is 1. The number of amides is 1. The highest BCUT2D eigenvalue weighted by molar-refractivity contribution is 5.78. The average Bonchev–Trinajstić information content (AvgIpc) is 3.05. The van der Waals surface area contributed by atoms with Crippen molar-refractivity contribution >= 4 is 5.91 Å². The highest BCUT2D eigenvalue weighted by atomic mass is 16.7. The van der Waals surface area contributed by atoms with Gasteiger partial charge >= 0.3 is 0 Å². The van der Waals surface area contributed by atoms with Crippen LogP contribution in [0.3, 0.4) is 0 Å². The van der Waals surface area contributed by atoms with Crippen LogP contribution in [0, 0.1) is 5.92 Å². The third-order valence-corrected chi connectivity index (χ3v) is 4.17. The van der Waals surface area contributed by atoms with E-state index in [4.69, 9.17) is 9.47 Å². The summed E-state index contributed by atoms with van der Waals surface area (Å²) in [6.07, 6.45) is 2.09. The van der Waals surface area contributed by atoms with Crippen molar-refractivity contribution < 1.29 is 19.4 Å². The highest BCUT2D eigenvalue weighted by Gasteiger charge is 2.30. The van der Waals surface area contributed by atoms with Gasteiger partial charge in [-0.15, -0.1) is 0 Å². The molecule has 3 rings (SSSR count). The first kappa shape index (κ1) is 14.2. The van der Waals surface area contributed by atoms with Crippen molar-refractivity contribution in [3.05, 3.63) is 23.8 Å². The maximum absolute atomic E-state index is 12.0. The molecule has 0 aromatic heterocycles. The van der Waals surface area contributed by atoms with Gasteiger partial charge in [-0.2, -0.15) is 0 Å². The van der Waals surface area contributed by atoms with Gasteiger partial charge in [-0.05, 0) is 30.0 Å². The van der Waals surface area contributed by atoms with Crippen LogP contribution in [0.25, 0.3) is 0 Å². The number of β-amino-alcohol motifs (C(OH)–C–C–N with tert-alkyl or cyclic N) is 1. The molecule has 0 saturated carbocycles. The molecule has 1 saturated heterocycles. The van der Waals surface area contributed by atoms with E-state index in [2.05, 4.69) is 6.92 Å². The third kappa shape index (κ3) is 2.97. The lowest BCUT2D eigenvalue weighted by Gasteiger charge is -2.21. The third-order valence-electron chi connectivity index (χ3n) is 4.17. The second-order valence-electron chi connectivity index (χ2n) is 5.79. The molecular weight excluding hydrogens is 270 g/mol. The van der Waals surface area contributed by atoms with Gasteiger partial charge in [-0.3, -0.25) is 4.79 Å². The average molecular weight is 291 g/mol.